The lowest BCUT2D eigenvalue weighted by molar-refractivity contribution is 0.318. The van der Waals surface area contributed by atoms with Crippen LogP contribution in [0, 0.1) is 5.82 Å². The lowest BCUT2D eigenvalue weighted by atomic mass is 10.1. The first-order valence-corrected chi connectivity index (χ1v) is 5.39. The Morgan fingerprint density at radius 3 is 2.82 bits per heavy atom. The molecule has 0 saturated heterocycles. The molecule has 3 nitrogen and oxygen atoms in total. The van der Waals surface area contributed by atoms with Gasteiger partial charge in [-0.05, 0) is 24.7 Å². The summed E-state index contributed by atoms with van der Waals surface area (Å²) in [5.41, 5.74) is 7.80. The molecule has 90 valence electrons. The molecule has 0 amide bonds. The van der Waals surface area contributed by atoms with Crippen LogP contribution in [0.3, 0.4) is 0 Å². The van der Waals surface area contributed by atoms with Crippen molar-refractivity contribution in [3.05, 3.63) is 53.7 Å². The fraction of sp³-hybridized carbons (Fsp3) is 0.231. The Hall–Kier alpha value is -1.81. The van der Waals surface area contributed by atoms with Crippen LogP contribution < -0.4 is 5.73 Å². The van der Waals surface area contributed by atoms with E-state index in [0.717, 1.165) is 17.7 Å². The van der Waals surface area contributed by atoms with Crippen LogP contribution in [-0.4, -0.2) is 11.9 Å². The van der Waals surface area contributed by atoms with Gasteiger partial charge in [0.05, 0.1) is 18.2 Å². The predicted molar refractivity (Wildman–Crippen MR) is 64.7 cm³/mol. The summed E-state index contributed by atoms with van der Waals surface area (Å²) in [5.74, 6) is -0.362. The van der Waals surface area contributed by atoms with E-state index in [1.807, 2.05) is 19.2 Å². The van der Waals surface area contributed by atoms with E-state index in [1.54, 1.807) is 18.6 Å². The first-order chi connectivity index (χ1) is 8.16. The van der Waals surface area contributed by atoms with E-state index in [1.165, 1.54) is 6.07 Å². The Bertz CT molecular complexity index is 482. The molecule has 2 rings (SSSR count). The van der Waals surface area contributed by atoms with Gasteiger partial charge in [-0.2, -0.15) is 0 Å². The molecule has 2 aromatic rings. The molecule has 0 spiro atoms. The zero-order chi connectivity index (χ0) is 12.3. The van der Waals surface area contributed by atoms with Crippen LogP contribution in [0.15, 0.2) is 41.2 Å². The number of nitrogen functional groups attached to an aromatic ring is 1. The first kappa shape index (κ1) is 11.7. The second-order valence-corrected chi connectivity index (χ2v) is 4.12. The van der Waals surface area contributed by atoms with Crippen molar-refractivity contribution in [3.63, 3.8) is 0 Å². The van der Waals surface area contributed by atoms with Crippen molar-refractivity contribution in [2.45, 2.75) is 13.1 Å². The van der Waals surface area contributed by atoms with Gasteiger partial charge in [0.25, 0.3) is 0 Å². The fourth-order valence-corrected chi connectivity index (χ4v) is 1.76. The van der Waals surface area contributed by atoms with Crippen LogP contribution in [0.2, 0.25) is 0 Å². The van der Waals surface area contributed by atoms with Gasteiger partial charge in [0.2, 0.25) is 0 Å². The van der Waals surface area contributed by atoms with Gasteiger partial charge in [-0.3, -0.25) is 4.90 Å². The first-order valence-electron chi connectivity index (χ1n) is 5.39. The van der Waals surface area contributed by atoms with Crippen molar-refractivity contribution in [3.8, 4) is 0 Å². The van der Waals surface area contributed by atoms with Gasteiger partial charge < -0.3 is 10.2 Å². The zero-order valence-corrected chi connectivity index (χ0v) is 9.69. The normalized spacial score (nSPS) is 11.0. The van der Waals surface area contributed by atoms with Crippen LogP contribution in [0.1, 0.15) is 11.1 Å². The summed E-state index contributed by atoms with van der Waals surface area (Å²) in [6.07, 6.45) is 3.34. The van der Waals surface area contributed by atoms with Crippen LogP contribution in [0.4, 0.5) is 10.1 Å². The van der Waals surface area contributed by atoms with Crippen molar-refractivity contribution < 1.29 is 8.81 Å². The van der Waals surface area contributed by atoms with Gasteiger partial charge in [0.1, 0.15) is 5.82 Å². The van der Waals surface area contributed by atoms with Gasteiger partial charge in [-0.1, -0.05) is 12.1 Å². The molecule has 0 aliphatic rings. The third-order valence-corrected chi connectivity index (χ3v) is 2.62. The van der Waals surface area contributed by atoms with E-state index in [2.05, 4.69) is 4.90 Å². The van der Waals surface area contributed by atoms with E-state index in [0.29, 0.717) is 6.54 Å². The van der Waals surface area contributed by atoms with E-state index in [9.17, 15) is 4.39 Å². The van der Waals surface area contributed by atoms with Crippen LogP contribution in [0.25, 0.3) is 0 Å². The smallest absolute Gasteiger partial charge is 0.146 e. The highest BCUT2D eigenvalue weighted by molar-refractivity contribution is 5.47. The highest BCUT2D eigenvalue weighted by Gasteiger charge is 2.08. The molecule has 0 saturated carbocycles. The lowest BCUT2D eigenvalue weighted by Gasteiger charge is -2.17. The van der Waals surface area contributed by atoms with Crippen molar-refractivity contribution in [2.24, 2.45) is 0 Å². The topological polar surface area (TPSA) is 42.4 Å². The van der Waals surface area contributed by atoms with E-state index in [-0.39, 0.29) is 11.5 Å². The summed E-state index contributed by atoms with van der Waals surface area (Å²) >= 11 is 0. The number of para-hydroxylation sites is 1. The number of nitrogens with two attached hydrogens (primary N) is 1. The highest BCUT2D eigenvalue weighted by Crippen LogP contribution is 2.18. The minimum atomic E-state index is -0.362. The quantitative estimate of drug-likeness (QED) is 0.827. The summed E-state index contributed by atoms with van der Waals surface area (Å²) in [4.78, 5) is 2.05. The van der Waals surface area contributed by atoms with Crippen LogP contribution >= 0.6 is 0 Å². The Balaban J connectivity index is 2.03. The molecule has 0 bridgehead atoms. The molecule has 4 heteroatoms. The standard InChI is InChI=1S/C13H15FN2O/c1-16(7-10-5-6-17-9-10)8-11-3-2-4-12(14)13(11)15/h2-6,9H,7-8,15H2,1H3. The number of furan rings is 1. The van der Waals surface area contributed by atoms with Crippen molar-refractivity contribution in [1.82, 2.24) is 4.90 Å². The Morgan fingerprint density at radius 2 is 2.12 bits per heavy atom. The Labute approximate surface area is 99.6 Å². The maximum Gasteiger partial charge on any atom is 0.146 e. The number of nitrogens with zero attached hydrogens (tertiary/aromatic N) is 1. The summed E-state index contributed by atoms with van der Waals surface area (Å²) in [7, 11) is 1.96. The van der Waals surface area contributed by atoms with Gasteiger partial charge in [-0.15, -0.1) is 0 Å². The van der Waals surface area contributed by atoms with Crippen molar-refractivity contribution in [2.75, 3.05) is 12.8 Å². The van der Waals surface area contributed by atoms with Gasteiger partial charge in [0, 0.05) is 18.7 Å². The zero-order valence-electron chi connectivity index (χ0n) is 9.69. The molecule has 0 atom stereocenters. The summed E-state index contributed by atoms with van der Waals surface area (Å²) in [5, 5.41) is 0. The molecule has 0 unspecified atom stereocenters. The SMILES string of the molecule is CN(Cc1ccoc1)Cc1cccc(F)c1N. The highest BCUT2D eigenvalue weighted by atomic mass is 19.1. The second-order valence-electron chi connectivity index (χ2n) is 4.12. The molecule has 1 heterocycles. The number of hydrogen-bond acceptors (Lipinski definition) is 3. The summed E-state index contributed by atoms with van der Waals surface area (Å²) in [6, 6.07) is 6.79. The molecular weight excluding hydrogens is 219 g/mol. The molecule has 0 fully saturated rings. The molecule has 2 N–H and O–H groups in total. The molecule has 0 radical (unpaired) electrons. The van der Waals surface area contributed by atoms with Crippen LogP contribution in [0.5, 0.6) is 0 Å². The average Bonchev–Trinajstić information content (AvgIpc) is 2.77. The fourth-order valence-electron chi connectivity index (χ4n) is 1.76. The average molecular weight is 234 g/mol. The lowest BCUT2D eigenvalue weighted by Crippen LogP contribution is -2.18. The summed E-state index contributed by atoms with van der Waals surface area (Å²) in [6.45, 7) is 1.35. The maximum atomic E-state index is 13.2. The van der Waals surface area contributed by atoms with Gasteiger partial charge >= 0.3 is 0 Å². The summed E-state index contributed by atoms with van der Waals surface area (Å²) < 4.78 is 18.2. The second kappa shape index (κ2) is 5.01. The monoisotopic (exact) mass is 234 g/mol. The largest absolute Gasteiger partial charge is 0.472 e. The van der Waals surface area contributed by atoms with Crippen molar-refractivity contribution in [1.29, 1.82) is 0 Å². The maximum absolute atomic E-state index is 13.2. The van der Waals surface area contributed by atoms with E-state index in [4.69, 9.17) is 10.2 Å². The Morgan fingerprint density at radius 1 is 1.29 bits per heavy atom. The number of anilines is 1. The Kier molecular flexibility index (Phi) is 3.44. The number of hydrogen-bond donors (Lipinski definition) is 1. The number of rotatable bonds is 4. The van der Waals surface area contributed by atoms with Gasteiger partial charge in [-0.25, -0.2) is 4.39 Å². The van der Waals surface area contributed by atoms with Gasteiger partial charge in [0.15, 0.2) is 0 Å². The molecule has 0 aliphatic carbocycles. The van der Waals surface area contributed by atoms with Crippen molar-refractivity contribution >= 4 is 5.69 Å². The molecule has 17 heavy (non-hydrogen) atoms. The molecule has 1 aromatic heterocycles. The third kappa shape index (κ3) is 2.85. The predicted octanol–water partition coefficient (Wildman–Crippen LogP) is 2.63. The molecule has 0 aliphatic heterocycles. The van der Waals surface area contributed by atoms with E-state index < -0.39 is 0 Å². The van der Waals surface area contributed by atoms with E-state index >= 15 is 0 Å². The number of benzene rings is 1. The number of halogens is 1. The minimum Gasteiger partial charge on any atom is -0.472 e. The third-order valence-electron chi connectivity index (χ3n) is 2.62. The minimum absolute atomic E-state index is 0.228. The van der Waals surface area contributed by atoms with Crippen LogP contribution in [-0.2, 0) is 13.1 Å². The molecule has 1 aromatic carbocycles. The molecular formula is C13H15FN2O.